The van der Waals surface area contributed by atoms with Crippen LogP contribution in [0.5, 0.6) is 0 Å². The van der Waals surface area contributed by atoms with Gasteiger partial charge in [-0.2, -0.15) is 0 Å². The summed E-state index contributed by atoms with van der Waals surface area (Å²) in [5, 5.41) is 53.0. The van der Waals surface area contributed by atoms with Crippen LogP contribution in [0.15, 0.2) is 4.99 Å². The molecule has 0 radical (unpaired) electrons. The van der Waals surface area contributed by atoms with E-state index in [0.717, 1.165) is 0 Å². The number of rotatable bonds is 1. The molecule has 2 aliphatic heterocycles. The Kier molecular flexibility index (Phi) is 2.94. The van der Waals surface area contributed by atoms with Gasteiger partial charge in [0.15, 0.2) is 24.4 Å². The van der Waals surface area contributed by atoms with Crippen LogP contribution in [0.2, 0.25) is 0 Å². The largest absolute Gasteiger partial charge is 0.454 e. The molecule has 0 aromatic carbocycles. The highest BCUT2D eigenvalue weighted by atomic mass is 16.6. The zero-order valence-corrected chi connectivity index (χ0v) is 10.9. The molecule has 1 spiro atoms. The minimum atomic E-state index is -1.95. The third-order valence-corrected chi connectivity index (χ3v) is 4.66. The minimum Gasteiger partial charge on any atom is -0.454 e. The second kappa shape index (κ2) is 4.27. The first-order chi connectivity index (χ1) is 9.76. The van der Waals surface area contributed by atoms with Crippen molar-refractivity contribution in [1.82, 2.24) is 5.32 Å². The number of fused-ring (bicyclic) bond motifs is 1. The first-order valence-corrected chi connectivity index (χ1v) is 6.45. The van der Waals surface area contributed by atoms with E-state index in [1.807, 2.05) is 0 Å². The van der Waals surface area contributed by atoms with E-state index in [1.54, 1.807) is 0 Å². The van der Waals surface area contributed by atoms with Crippen LogP contribution in [-0.4, -0.2) is 79.7 Å². The molecule has 0 amide bonds. The fraction of sp³-hybridized carbons (Fsp3) is 0.818. The summed E-state index contributed by atoms with van der Waals surface area (Å²) in [6, 6.07) is 0. The molecule has 1 unspecified atom stereocenters. The van der Waals surface area contributed by atoms with Crippen molar-refractivity contribution in [3.05, 3.63) is 0 Å². The van der Waals surface area contributed by atoms with Crippen LogP contribution >= 0.6 is 0 Å². The molecule has 0 aromatic rings. The van der Waals surface area contributed by atoms with Crippen LogP contribution in [0, 0.1) is 5.92 Å². The number of carbonyl (C=O) groups is 1. The third-order valence-electron chi connectivity index (χ3n) is 4.66. The second-order valence-electron chi connectivity index (χ2n) is 5.76. The summed E-state index contributed by atoms with van der Waals surface area (Å²) >= 11 is 0. The van der Waals surface area contributed by atoms with Crippen LogP contribution in [0.1, 0.15) is 6.42 Å². The molecule has 3 rings (SSSR count). The maximum Gasteiger partial charge on any atom is 0.338 e. The van der Waals surface area contributed by atoms with Gasteiger partial charge in [-0.15, -0.1) is 0 Å². The van der Waals surface area contributed by atoms with Gasteiger partial charge in [0.1, 0.15) is 17.2 Å². The molecule has 7 atom stereocenters. The van der Waals surface area contributed by atoms with Crippen molar-refractivity contribution in [2.24, 2.45) is 16.6 Å². The number of guanidine groups is 1. The molecular formula is C11H17N3O7. The SMILES string of the molecule is NC1=N[C@H](O)[C@H]2C[C@@](O)(CO)[C@H]3OC(=O)[C@@H](O)[C@]2(N1)C3O. The number of aliphatic hydroxyl groups is 5. The summed E-state index contributed by atoms with van der Waals surface area (Å²) < 4.78 is 4.85. The maximum atomic E-state index is 11.8. The topological polar surface area (TPSA) is 178 Å². The highest BCUT2D eigenvalue weighted by molar-refractivity contribution is 5.84. The van der Waals surface area contributed by atoms with Gasteiger partial charge in [-0.05, 0) is 6.42 Å². The highest BCUT2D eigenvalue weighted by Crippen LogP contribution is 2.48. The summed E-state index contributed by atoms with van der Waals surface area (Å²) in [5.41, 5.74) is 1.84. The molecule has 2 heterocycles. The van der Waals surface area contributed by atoms with E-state index in [2.05, 4.69) is 10.3 Å². The Morgan fingerprint density at radius 1 is 1.43 bits per heavy atom. The summed E-state index contributed by atoms with van der Waals surface area (Å²) in [7, 11) is 0. The molecule has 1 aliphatic carbocycles. The number of ether oxygens (including phenoxy) is 1. The quantitative estimate of drug-likeness (QED) is 0.234. The average Bonchev–Trinajstić information content (AvgIpc) is 2.42. The zero-order valence-electron chi connectivity index (χ0n) is 10.9. The average molecular weight is 303 g/mol. The Labute approximate surface area is 118 Å². The van der Waals surface area contributed by atoms with Crippen molar-refractivity contribution in [2.45, 2.75) is 42.1 Å². The lowest BCUT2D eigenvalue weighted by Crippen LogP contribution is -2.84. The number of hydrogen-bond acceptors (Lipinski definition) is 10. The van der Waals surface area contributed by atoms with Crippen LogP contribution < -0.4 is 11.1 Å². The third kappa shape index (κ3) is 1.64. The van der Waals surface area contributed by atoms with Crippen molar-refractivity contribution in [3.8, 4) is 0 Å². The molecule has 118 valence electrons. The van der Waals surface area contributed by atoms with Gasteiger partial charge in [-0.25, -0.2) is 9.79 Å². The van der Waals surface area contributed by atoms with Crippen LogP contribution in [-0.2, 0) is 9.53 Å². The number of hydrogen-bond donors (Lipinski definition) is 7. The Morgan fingerprint density at radius 3 is 2.71 bits per heavy atom. The number of nitrogens with zero attached hydrogens (tertiary/aromatic N) is 1. The molecule has 8 N–H and O–H groups in total. The molecular weight excluding hydrogens is 286 g/mol. The van der Waals surface area contributed by atoms with E-state index in [-0.39, 0.29) is 12.4 Å². The van der Waals surface area contributed by atoms with Gasteiger partial charge >= 0.3 is 5.97 Å². The Bertz CT molecular complexity index is 514. The highest BCUT2D eigenvalue weighted by Gasteiger charge is 2.71. The normalized spacial score (nSPS) is 52.3. The number of aliphatic hydroxyl groups excluding tert-OH is 4. The standard InChI is InChI=1S/C11H17N3O7/c12-9-13-7(18)3-1-10(20,2-15)6-4(16)11(3,14-9)5(17)8(19)21-6/h3-7,15-18,20H,1-2H2,(H3,12,13,14)/t3-,4?,5-,6+,7-,10-,11-/m1/s1. The first-order valence-electron chi connectivity index (χ1n) is 6.45. The molecule has 0 aromatic heterocycles. The van der Waals surface area contributed by atoms with Gasteiger partial charge in [-0.1, -0.05) is 0 Å². The van der Waals surface area contributed by atoms with E-state index in [9.17, 15) is 30.3 Å². The van der Waals surface area contributed by atoms with E-state index in [0.29, 0.717) is 0 Å². The van der Waals surface area contributed by atoms with E-state index in [4.69, 9.17) is 10.5 Å². The van der Waals surface area contributed by atoms with Gasteiger partial charge < -0.3 is 41.3 Å². The molecule has 3 aliphatic rings. The van der Waals surface area contributed by atoms with Crippen molar-refractivity contribution in [2.75, 3.05) is 6.61 Å². The summed E-state index contributed by atoms with van der Waals surface area (Å²) in [4.78, 5) is 15.5. The van der Waals surface area contributed by atoms with Gasteiger partial charge in [0.05, 0.1) is 6.61 Å². The molecule has 1 saturated carbocycles. The molecule has 2 fully saturated rings. The van der Waals surface area contributed by atoms with Crippen LogP contribution in [0.25, 0.3) is 0 Å². The number of nitrogens with one attached hydrogen (secondary N) is 1. The Balaban J connectivity index is 2.16. The number of nitrogens with two attached hydrogens (primary N) is 1. The number of carbonyl (C=O) groups excluding carboxylic acids is 1. The lowest BCUT2D eigenvalue weighted by molar-refractivity contribution is -0.276. The number of esters is 1. The lowest BCUT2D eigenvalue weighted by atomic mass is 9.59. The van der Waals surface area contributed by atoms with Gasteiger partial charge in [0.25, 0.3) is 0 Å². The maximum absolute atomic E-state index is 11.8. The molecule has 10 nitrogen and oxygen atoms in total. The fourth-order valence-corrected chi connectivity index (χ4v) is 3.58. The van der Waals surface area contributed by atoms with Crippen molar-refractivity contribution >= 4 is 11.9 Å². The van der Waals surface area contributed by atoms with Crippen LogP contribution in [0.4, 0.5) is 0 Å². The summed E-state index contributed by atoms with van der Waals surface area (Å²) in [6.07, 6.45) is -6.56. The van der Waals surface area contributed by atoms with Crippen molar-refractivity contribution in [1.29, 1.82) is 0 Å². The first kappa shape index (κ1) is 14.5. The predicted octanol–water partition coefficient (Wildman–Crippen LogP) is -4.65. The van der Waals surface area contributed by atoms with Crippen LogP contribution in [0.3, 0.4) is 0 Å². The summed E-state index contributed by atoms with van der Waals surface area (Å²) in [5.74, 6) is -2.38. The van der Waals surface area contributed by atoms with Gasteiger partial charge in [0, 0.05) is 5.92 Å². The predicted molar refractivity (Wildman–Crippen MR) is 65.5 cm³/mol. The monoisotopic (exact) mass is 303 g/mol. The Morgan fingerprint density at radius 2 is 2.10 bits per heavy atom. The fourth-order valence-electron chi connectivity index (χ4n) is 3.58. The van der Waals surface area contributed by atoms with Gasteiger partial charge in [-0.3, -0.25) is 0 Å². The smallest absolute Gasteiger partial charge is 0.338 e. The molecule has 2 bridgehead atoms. The van der Waals surface area contributed by atoms with Gasteiger partial charge in [0.2, 0.25) is 0 Å². The lowest BCUT2D eigenvalue weighted by Gasteiger charge is -2.60. The molecule has 21 heavy (non-hydrogen) atoms. The van der Waals surface area contributed by atoms with E-state index >= 15 is 0 Å². The summed E-state index contributed by atoms with van der Waals surface area (Å²) in [6.45, 7) is -0.795. The van der Waals surface area contributed by atoms with Crippen molar-refractivity contribution < 1.29 is 35.1 Å². The molecule has 1 saturated heterocycles. The minimum absolute atomic E-state index is 0.249. The Hall–Kier alpha value is -1.46. The van der Waals surface area contributed by atoms with E-state index in [1.165, 1.54) is 0 Å². The number of aliphatic imine (C=N–C) groups is 1. The van der Waals surface area contributed by atoms with Crippen molar-refractivity contribution in [3.63, 3.8) is 0 Å². The molecule has 10 heteroatoms. The van der Waals surface area contributed by atoms with E-state index < -0.39 is 54.2 Å². The second-order valence-corrected chi connectivity index (χ2v) is 5.76. The zero-order chi connectivity index (χ0) is 15.6.